The highest BCUT2D eigenvalue weighted by Crippen LogP contribution is 2.27. The van der Waals surface area contributed by atoms with Crippen LogP contribution >= 0.6 is 15.9 Å². The van der Waals surface area contributed by atoms with Gasteiger partial charge in [0.25, 0.3) is 0 Å². The fourth-order valence-electron chi connectivity index (χ4n) is 1.97. The van der Waals surface area contributed by atoms with E-state index in [1.807, 2.05) is 24.3 Å². The van der Waals surface area contributed by atoms with E-state index in [9.17, 15) is 0 Å². The van der Waals surface area contributed by atoms with E-state index in [0.717, 1.165) is 23.2 Å². The molecule has 118 valence electrons. The van der Waals surface area contributed by atoms with E-state index in [2.05, 4.69) is 66.3 Å². The molecule has 0 aliphatic rings. The molecule has 0 bridgehead atoms. The lowest BCUT2D eigenvalue weighted by Crippen LogP contribution is -2.37. The standard InChI is InChI=1S/C19H24BrNO/c1-4-19(2,3)21-13-16-10-11-18(17(20)12-16)22-14-15-8-6-5-7-9-15/h5-12,21H,4,13-14H2,1-3H3. The summed E-state index contributed by atoms with van der Waals surface area (Å²) in [6.07, 6.45) is 1.10. The van der Waals surface area contributed by atoms with E-state index < -0.39 is 0 Å². The van der Waals surface area contributed by atoms with Gasteiger partial charge in [-0.1, -0.05) is 43.3 Å². The van der Waals surface area contributed by atoms with Gasteiger partial charge in [0.1, 0.15) is 12.4 Å². The lowest BCUT2D eigenvalue weighted by molar-refractivity contribution is 0.304. The van der Waals surface area contributed by atoms with E-state index in [1.54, 1.807) is 0 Å². The Morgan fingerprint density at radius 2 is 1.77 bits per heavy atom. The number of hydrogen-bond acceptors (Lipinski definition) is 2. The molecular formula is C19H24BrNO. The highest BCUT2D eigenvalue weighted by molar-refractivity contribution is 9.10. The van der Waals surface area contributed by atoms with Crippen molar-refractivity contribution in [3.8, 4) is 5.75 Å². The minimum atomic E-state index is 0.162. The third-order valence-electron chi connectivity index (χ3n) is 3.89. The molecule has 2 aromatic rings. The maximum Gasteiger partial charge on any atom is 0.134 e. The van der Waals surface area contributed by atoms with Crippen LogP contribution < -0.4 is 10.1 Å². The van der Waals surface area contributed by atoms with Crippen molar-refractivity contribution in [3.05, 3.63) is 64.1 Å². The molecule has 2 aromatic carbocycles. The number of ether oxygens (including phenoxy) is 1. The van der Waals surface area contributed by atoms with Crippen molar-refractivity contribution in [3.63, 3.8) is 0 Å². The van der Waals surface area contributed by atoms with Gasteiger partial charge in [-0.2, -0.15) is 0 Å². The van der Waals surface area contributed by atoms with Gasteiger partial charge in [0.05, 0.1) is 4.47 Å². The van der Waals surface area contributed by atoms with Crippen LogP contribution in [0.4, 0.5) is 0 Å². The Labute approximate surface area is 142 Å². The molecule has 0 saturated carbocycles. The van der Waals surface area contributed by atoms with Gasteiger partial charge < -0.3 is 10.1 Å². The Hall–Kier alpha value is -1.32. The predicted octanol–water partition coefficient (Wildman–Crippen LogP) is 5.31. The quantitative estimate of drug-likeness (QED) is 0.721. The summed E-state index contributed by atoms with van der Waals surface area (Å²) >= 11 is 3.61. The van der Waals surface area contributed by atoms with Crippen LogP contribution in [0.3, 0.4) is 0 Å². The molecule has 0 unspecified atom stereocenters. The molecule has 0 amide bonds. The van der Waals surface area contributed by atoms with Crippen LogP contribution in [0.5, 0.6) is 5.75 Å². The summed E-state index contributed by atoms with van der Waals surface area (Å²) < 4.78 is 6.87. The summed E-state index contributed by atoms with van der Waals surface area (Å²) in [5, 5.41) is 3.57. The van der Waals surface area contributed by atoms with Gasteiger partial charge in [0.15, 0.2) is 0 Å². The zero-order chi connectivity index (χ0) is 16.0. The van der Waals surface area contributed by atoms with Crippen LogP contribution in [0, 0.1) is 0 Å². The summed E-state index contributed by atoms with van der Waals surface area (Å²) in [7, 11) is 0. The van der Waals surface area contributed by atoms with Gasteiger partial charge in [-0.3, -0.25) is 0 Å². The van der Waals surface area contributed by atoms with Crippen molar-refractivity contribution in [1.82, 2.24) is 5.32 Å². The Balaban J connectivity index is 1.95. The molecule has 0 spiro atoms. The zero-order valence-corrected chi connectivity index (χ0v) is 15.1. The Kier molecular flexibility index (Phi) is 6.04. The molecule has 0 atom stereocenters. The number of halogens is 1. The SMILES string of the molecule is CCC(C)(C)NCc1ccc(OCc2ccccc2)c(Br)c1. The minimum Gasteiger partial charge on any atom is -0.488 e. The second-order valence-corrected chi connectivity index (χ2v) is 6.98. The molecule has 0 aromatic heterocycles. The van der Waals surface area contributed by atoms with E-state index in [0.29, 0.717) is 6.61 Å². The number of hydrogen-bond donors (Lipinski definition) is 1. The summed E-state index contributed by atoms with van der Waals surface area (Å²) in [5.41, 5.74) is 2.58. The van der Waals surface area contributed by atoms with Crippen LogP contribution in [0.2, 0.25) is 0 Å². The smallest absolute Gasteiger partial charge is 0.134 e. The summed E-state index contributed by atoms with van der Waals surface area (Å²) in [6.45, 7) is 8.08. The van der Waals surface area contributed by atoms with Crippen molar-refractivity contribution in [2.24, 2.45) is 0 Å². The molecule has 0 fully saturated rings. The maximum absolute atomic E-state index is 5.88. The first kappa shape index (κ1) is 17.0. The Bertz CT molecular complexity index is 596. The van der Waals surface area contributed by atoms with Gasteiger partial charge >= 0.3 is 0 Å². The van der Waals surface area contributed by atoms with Crippen molar-refractivity contribution >= 4 is 15.9 Å². The molecular weight excluding hydrogens is 338 g/mol. The number of benzene rings is 2. The molecule has 0 saturated heterocycles. The van der Waals surface area contributed by atoms with E-state index >= 15 is 0 Å². The highest BCUT2D eigenvalue weighted by atomic mass is 79.9. The molecule has 2 rings (SSSR count). The first-order valence-corrected chi connectivity index (χ1v) is 8.49. The maximum atomic E-state index is 5.88. The highest BCUT2D eigenvalue weighted by Gasteiger charge is 2.13. The first-order chi connectivity index (χ1) is 10.5. The van der Waals surface area contributed by atoms with Crippen molar-refractivity contribution in [2.75, 3.05) is 0 Å². The molecule has 0 aliphatic heterocycles. The minimum absolute atomic E-state index is 0.162. The Morgan fingerprint density at radius 1 is 1.05 bits per heavy atom. The summed E-state index contributed by atoms with van der Waals surface area (Å²) in [4.78, 5) is 0. The van der Waals surface area contributed by atoms with Gasteiger partial charge in [0.2, 0.25) is 0 Å². The van der Waals surface area contributed by atoms with E-state index in [4.69, 9.17) is 4.74 Å². The molecule has 2 nitrogen and oxygen atoms in total. The lowest BCUT2D eigenvalue weighted by Gasteiger charge is -2.24. The molecule has 22 heavy (non-hydrogen) atoms. The average molecular weight is 362 g/mol. The zero-order valence-electron chi connectivity index (χ0n) is 13.5. The monoisotopic (exact) mass is 361 g/mol. The van der Waals surface area contributed by atoms with Gasteiger partial charge in [0, 0.05) is 12.1 Å². The largest absolute Gasteiger partial charge is 0.488 e. The van der Waals surface area contributed by atoms with Crippen molar-refractivity contribution < 1.29 is 4.74 Å². The van der Waals surface area contributed by atoms with Crippen LogP contribution in [-0.4, -0.2) is 5.54 Å². The third kappa shape index (κ3) is 5.15. The van der Waals surface area contributed by atoms with Crippen molar-refractivity contribution in [2.45, 2.75) is 45.9 Å². The van der Waals surface area contributed by atoms with Gasteiger partial charge in [-0.05, 0) is 59.5 Å². The normalized spacial score (nSPS) is 11.5. The molecule has 0 radical (unpaired) electrons. The lowest BCUT2D eigenvalue weighted by atomic mass is 10.0. The van der Waals surface area contributed by atoms with Crippen LogP contribution in [-0.2, 0) is 13.2 Å². The fraction of sp³-hybridized carbons (Fsp3) is 0.368. The summed E-state index contributed by atoms with van der Waals surface area (Å²) in [5.74, 6) is 0.877. The second kappa shape index (κ2) is 7.80. The predicted molar refractivity (Wildman–Crippen MR) is 96.1 cm³/mol. The fourth-order valence-corrected chi connectivity index (χ4v) is 2.51. The number of rotatable bonds is 7. The molecule has 0 heterocycles. The second-order valence-electron chi connectivity index (χ2n) is 6.13. The Morgan fingerprint density at radius 3 is 2.41 bits per heavy atom. The first-order valence-electron chi connectivity index (χ1n) is 7.70. The molecule has 1 N–H and O–H groups in total. The van der Waals surface area contributed by atoms with Crippen LogP contribution in [0.25, 0.3) is 0 Å². The third-order valence-corrected chi connectivity index (χ3v) is 4.51. The summed E-state index contributed by atoms with van der Waals surface area (Å²) in [6, 6.07) is 16.5. The van der Waals surface area contributed by atoms with E-state index in [-0.39, 0.29) is 5.54 Å². The van der Waals surface area contributed by atoms with Crippen LogP contribution in [0.1, 0.15) is 38.3 Å². The topological polar surface area (TPSA) is 21.3 Å². The van der Waals surface area contributed by atoms with E-state index in [1.165, 1.54) is 11.1 Å². The van der Waals surface area contributed by atoms with Gasteiger partial charge in [-0.15, -0.1) is 0 Å². The van der Waals surface area contributed by atoms with Gasteiger partial charge in [-0.25, -0.2) is 0 Å². The average Bonchev–Trinajstić information content (AvgIpc) is 2.53. The number of nitrogens with one attached hydrogen (secondary N) is 1. The molecule has 0 aliphatic carbocycles. The molecule has 3 heteroatoms. The van der Waals surface area contributed by atoms with Crippen molar-refractivity contribution in [1.29, 1.82) is 0 Å². The van der Waals surface area contributed by atoms with Crippen LogP contribution in [0.15, 0.2) is 53.0 Å².